The summed E-state index contributed by atoms with van der Waals surface area (Å²) in [6.45, 7) is 5.59. The highest BCUT2D eigenvalue weighted by molar-refractivity contribution is 5.46. The van der Waals surface area contributed by atoms with Crippen molar-refractivity contribution in [3.8, 4) is 17.2 Å². The van der Waals surface area contributed by atoms with Crippen molar-refractivity contribution in [1.29, 1.82) is 0 Å². The van der Waals surface area contributed by atoms with Crippen molar-refractivity contribution in [2.45, 2.75) is 20.3 Å². The van der Waals surface area contributed by atoms with Crippen LogP contribution >= 0.6 is 0 Å². The number of hydrogen-bond acceptors (Lipinski definition) is 4. The Labute approximate surface area is 138 Å². The van der Waals surface area contributed by atoms with Gasteiger partial charge in [-0.3, -0.25) is 0 Å². The Morgan fingerprint density at radius 3 is 2.09 bits per heavy atom. The van der Waals surface area contributed by atoms with Crippen LogP contribution in [0.4, 0.5) is 0 Å². The summed E-state index contributed by atoms with van der Waals surface area (Å²) in [6, 6.07) is 12.0. The van der Waals surface area contributed by atoms with Gasteiger partial charge in [-0.25, -0.2) is 0 Å². The second-order valence-electron chi connectivity index (χ2n) is 5.41. The topological polar surface area (TPSA) is 53.7 Å². The first-order valence-corrected chi connectivity index (χ1v) is 7.85. The quantitative estimate of drug-likeness (QED) is 0.760. The van der Waals surface area contributed by atoms with Gasteiger partial charge in [0.2, 0.25) is 0 Å². The number of ether oxygens (including phenoxy) is 3. The largest absolute Gasteiger partial charge is 0.493 e. The molecule has 0 radical (unpaired) electrons. The van der Waals surface area contributed by atoms with Crippen molar-refractivity contribution >= 4 is 0 Å². The SMILES string of the molecule is COc1cccc(CCN)c1OCCOc1c(C)cccc1C. The molecule has 0 aliphatic carbocycles. The standard InChI is InChI=1S/C19H25NO3/c1-14-6-4-7-15(2)18(14)22-12-13-23-19-16(10-11-20)8-5-9-17(19)21-3/h4-9H,10-13,20H2,1-3H3. The zero-order valence-corrected chi connectivity index (χ0v) is 14.1. The van der Waals surface area contributed by atoms with Crippen molar-refractivity contribution < 1.29 is 14.2 Å². The van der Waals surface area contributed by atoms with Gasteiger partial charge in [-0.2, -0.15) is 0 Å². The van der Waals surface area contributed by atoms with Gasteiger partial charge in [0.1, 0.15) is 19.0 Å². The number of nitrogens with two attached hydrogens (primary N) is 1. The molecule has 0 aliphatic heterocycles. The van der Waals surface area contributed by atoms with Gasteiger partial charge in [0, 0.05) is 0 Å². The van der Waals surface area contributed by atoms with Crippen LogP contribution in [0, 0.1) is 13.8 Å². The van der Waals surface area contributed by atoms with E-state index >= 15 is 0 Å². The summed E-state index contributed by atoms with van der Waals surface area (Å²) in [5.41, 5.74) is 8.98. The third-order valence-electron chi connectivity index (χ3n) is 3.68. The molecule has 0 heterocycles. The van der Waals surface area contributed by atoms with Gasteiger partial charge in [0.25, 0.3) is 0 Å². The third kappa shape index (κ3) is 4.39. The van der Waals surface area contributed by atoms with Crippen LogP contribution in [-0.2, 0) is 6.42 Å². The number of hydrogen-bond donors (Lipinski definition) is 1. The van der Waals surface area contributed by atoms with Gasteiger partial charge in [0.15, 0.2) is 11.5 Å². The Balaban J connectivity index is 1.99. The number of para-hydroxylation sites is 2. The molecule has 0 fully saturated rings. The highest BCUT2D eigenvalue weighted by Gasteiger charge is 2.10. The average Bonchev–Trinajstić information content (AvgIpc) is 2.55. The molecule has 0 atom stereocenters. The maximum atomic E-state index is 5.91. The summed E-state index contributed by atoms with van der Waals surface area (Å²) in [4.78, 5) is 0. The lowest BCUT2D eigenvalue weighted by molar-refractivity contribution is 0.208. The molecule has 0 saturated carbocycles. The molecule has 2 aromatic rings. The Hall–Kier alpha value is -2.20. The predicted octanol–water partition coefficient (Wildman–Crippen LogP) is 3.27. The molecule has 124 valence electrons. The van der Waals surface area contributed by atoms with E-state index in [0.29, 0.717) is 19.8 Å². The second-order valence-corrected chi connectivity index (χ2v) is 5.41. The average molecular weight is 315 g/mol. The van der Waals surface area contributed by atoms with E-state index in [1.165, 1.54) is 0 Å². The maximum Gasteiger partial charge on any atom is 0.164 e. The zero-order valence-electron chi connectivity index (χ0n) is 14.1. The first-order chi connectivity index (χ1) is 11.2. The van der Waals surface area contributed by atoms with Gasteiger partial charge in [0.05, 0.1) is 7.11 Å². The maximum absolute atomic E-state index is 5.91. The van der Waals surface area contributed by atoms with E-state index in [1.54, 1.807) is 7.11 Å². The predicted molar refractivity (Wildman–Crippen MR) is 92.7 cm³/mol. The van der Waals surface area contributed by atoms with Crippen molar-refractivity contribution in [2.24, 2.45) is 5.73 Å². The summed E-state index contributed by atoms with van der Waals surface area (Å²) >= 11 is 0. The monoisotopic (exact) mass is 315 g/mol. The molecule has 0 spiro atoms. The molecular formula is C19H25NO3. The molecule has 4 heteroatoms. The van der Waals surface area contributed by atoms with E-state index < -0.39 is 0 Å². The van der Waals surface area contributed by atoms with E-state index in [1.807, 2.05) is 50.2 Å². The normalized spacial score (nSPS) is 10.4. The van der Waals surface area contributed by atoms with Crippen LogP contribution in [0.3, 0.4) is 0 Å². The summed E-state index contributed by atoms with van der Waals surface area (Å²) in [7, 11) is 1.64. The van der Waals surface area contributed by atoms with Crippen LogP contribution in [0.1, 0.15) is 16.7 Å². The molecule has 0 saturated heterocycles. The van der Waals surface area contributed by atoms with Crippen LogP contribution in [-0.4, -0.2) is 26.9 Å². The smallest absolute Gasteiger partial charge is 0.164 e. The Morgan fingerprint density at radius 2 is 1.48 bits per heavy atom. The van der Waals surface area contributed by atoms with E-state index in [0.717, 1.165) is 40.4 Å². The molecule has 2 N–H and O–H groups in total. The van der Waals surface area contributed by atoms with Crippen LogP contribution in [0.5, 0.6) is 17.2 Å². The number of aryl methyl sites for hydroxylation is 2. The minimum atomic E-state index is 0.450. The minimum absolute atomic E-state index is 0.450. The van der Waals surface area contributed by atoms with Gasteiger partial charge in [-0.15, -0.1) is 0 Å². The third-order valence-corrected chi connectivity index (χ3v) is 3.68. The second kappa shape index (κ2) is 8.44. The first kappa shape index (κ1) is 17.2. The van der Waals surface area contributed by atoms with E-state index in [9.17, 15) is 0 Å². The number of methoxy groups -OCH3 is 1. The Bertz CT molecular complexity index is 620. The van der Waals surface area contributed by atoms with Crippen LogP contribution in [0.25, 0.3) is 0 Å². The molecule has 4 nitrogen and oxygen atoms in total. The fraction of sp³-hybridized carbons (Fsp3) is 0.368. The molecule has 2 aromatic carbocycles. The van der Waals surface area contributed by atoms with E-state index in [4.69, 9.17) is 19.9 Å². The summed E-state index contributed by atoms with van der Waals surface area (Å²) < 4.78 is 17.2. The summed E-state index contributed by atoms with van der Waals surface area (Å²) in [6.07, 6.45) is 0.754. The van der Waals surface area contributed by atoms with Gasteiger partial charge in [-0.05, 0) is 49.6 Å². The van der Waals surface area contributed by atoms with Crippen LogP contribution in [0.15, 0.2) is 36.4 Å². The lowest BCUT2D eigenvalue weighted by Gasteiger charge is -2.16. The van der Waals surface area contributed by atoms with Crippen molar-refractivity contribution in [1.82, 2.24) is 0 Å². The highest BCUT2D eigenvalue weighted by atomic mass is 16.5. The highest BCUT2D eigenvalue weighted by Crippen LogP contribution is 2.31. The summed E-state index contributed by atoms with van der Waals surface area (Å²) in [5.74, 6) is 2.41. The van der Waals surface area contributed by atoms with Gasteiger partial charge >= 0.3 is 0 Å². The summed E-state index contributed by atoms with van der Waals surface area (Å²) in [5, 5.41) is 0. The van der Waals surface area contributed by atoms with Crippen molar-refractivity contribution in [3.63, 3.8) is 0 Å². The molecule has 0 aliphatic rings. The molecular weight excluding hydrogens is 290 g/mol. The molecule has 23 heavy (non-hydrogen) atoms. The molecule has 0 aromatic heterocycles. The van der Waals surface area contributed by atoms with Crippen molar-refractivity contribution in [2.75, 3.05) is 26.9 Å². The van der Waals surface area contributed by atoms with E-state index in [2.05, 4.69) is 0 Å². The fourth-order valence-electron chi connectivity index (χ4n) is 2.55. The van der Waals surface area contributed by atoms with Gasteiger partial charge in [-0.1, -0.05) is 30.3 Å². The lowest BCUT2D eigenvalue weighted by atomic mass is 10.1. The lowest BCUT2D eigenvalue weighted by Crippen LogP contribution is -2.12. The zero-order chi connectivity index (χ0) is 16.7. The van der Waals surface area contributed by atoms with Gasteiger partial charge < -0.3 is 19.9 Å². The Kier molecular flexibility index (Phi) is 6.29. The molecule has 0 bridgehead atoms. The fourth-order valence-corrected chi connectivity index (χ4v) is 2.55. The number of benzene rings is 2. The minimum Gasteiger partial charge on any atom is -0.493 e. The Morgan fingerprint density at radius 1 is 0.870 bits per heavy atom. The molecule has 0 amide bonds. The van der Waals surface area contributed by atoms with E-state index in [-0.39, 0.29) is 0 Å². The van der Waals surface area contributed by atoms with Crippen LogP contribution in [0.2, 0.25) is 0 Å². The first-order valence-electron chi connectivity index (χ1n) is 7.85. The van der Waals surface area contributed by atoms with Crippen LogP contribution < -0.4 is 19.9 Å². The molecule has 0 unspecified atom stereocenters. The van der Waals surface area contributed by atoms with Crippen molar-refractivity contribution in [3.05, 3.63) is 53.1 Å². The molecule has 2 rings (SSSR count). The number of rotatable bonds is 8.